The minimum Gasteiger partial charge on any atom is -0.487 e. The van der Waals surface area contributed by atoms with Gasteiger partial charge in [-0.1, -0.05) is 6.07 Å². The lowest BCUT2D eigenvalue weighted by atomic mass is 10.2. The van der Waals surface area contributed by atoms with Gasteiger partial charge in [0.05, 0.1) is 27.0 Å². The van der Waals surface area contributed by atoms with Gasteiger partial charge in [-0.05, 0) is 44.2 Å². The van der Waals surface area contributed by atoms with Crippen LogP contribution in [0, 0.1) is 24.0 Å². The third-order valence-electron chi connectivity index (χ3n) is 4.53. The fraction of sp³-hybridized carbons (Fsp3) is 0.136. The first-order valence-corrected chi connectivity index (χ1v) is 10.5. The maximum Gasteiger partial charge on any atom is 0.269 e. The zero-order chi connectivity index (χ0) is 22.7. The number of rotatable bonds is 7. The Morgan fingerprint density at radius 3 is 2.66 bits per heavy atom. The molecule has 0 atom stereocenters. The van der Waals surface area contributed by atoms with E-state index in [4.69, 9.17) is 4.74 Å². The third-order valence-corrected chi connectivity index (χ3v) is 5.35. The van der Waals surface area contributed by atoms with Gasteiger partial charge in [0.2, 0.25) is 0 Å². The molecule has 0 aliphatic carbocycles. The number of aryl methyl sites for hydroxylation is 2. The molecular weight excluding hydrogens is 430 g/mol. The Morgan fingerprint density at radius 2 is 1.97 bits per heavy atom. The average molecular weight is 449 g/mol. The van der Waals surface area contributed by atoms with Crippen LogP contribution in [0.3, 0.4) is 0 Å². The number of aromatic nitrogens is 3. The van der Waals surface area contributed by atoms with E-state index >= 15 is 0 Å². The number of hydrogen-bond acceptors (Lipinski definition) is 7. The molecule has 2 aromatic carbocycles. The first kappa shape index (κ1) is 21.2. The highest BCUT2D eigenvalue weighted by molar-refractivity contribution is 7.09. The predicted octanol–water partition coefficient (Wildman–Crippen LogP) is 4.69. The summed E-state index contributed by atoms with van der Waals surface area (Å²) in [6.07, 6.45) is 0. The molecule has 10 heteroatoms. The van der Waals surface area contributed by atoms with Gasteiger partial charge >= 0.3 is 0 Å². The molecule has 1 N–H and O–H groups in total. The maximum atomic E-state index is 12.9. The maximum absolute atomic E-state index is 12.9. The summed E-state index contributed by atoms with van der Waals surface area (Å²) in [4.78, 5) is 27.7. The van der Waals surface area contributed by atoms with Crippen molar-refractivity contribution in [1.82, 2.24) is 14.8 Å². The molecule has 9 nitrogen and oxygen atoms in total. The number of benzene rings is 2. The molecule has 2 heterocycles. The lowest BCUT2D eigenvalue weighted by Gasteiger charge is -2.10. The van der Waals surface area contributed by atoms with Crippen molar-refractivity contribution >= 4 is 28.7 Å². The molecule has 0 bridgehead atoms. The predicted molar refractivity (Wildman–Crippen MR) is 121 cm³/mol. The van der Waals surface area contributed by atoms with Crippen LogP contribution in [0.5, 0.6) is 5.75 Å². The average Bonchev–Trinajstić information content (AvgIpc) is 3.37. The van der Waals surface area contributed by atoms with Gasteiger partial charge in [-0.25, -0.2) is 9.67 Å². The molecule has 1 amide bonds. The highest BCUT2D eigenvalue weighted by Crippen LogP contribution is 2.22. The summed E-state index contributed by atoms with van der Waals surface area (Å²) in [5.41, 5.74) is 2.52. The van der Waals surface area contributed by atoms with Gasteiger partial charge in [0.15, 0.2) is 0 Å². The van der Waals surface area contributed by atoms with Gasteiger partial charge in [0.25, 0.3) is 11.6 Å². The number of nitro benzene ring substituents is 1. The standard InChI is InChI=1S/C22H19N5O4S/c1-14-10-21(26(25-14)18-6-8-19(9-7-18)27(29)30)24-22(28)16-4-3-5-20(11-16)31-12-17-13-32-15(2)23-17/h3-11,13H,12H2,1-2H3,(H,24,28). The van der Waals surface area contributed by atoms with Crippen molar-refractivity contribution in [2.24, 2.45) is 0 Å². The number of nitrogens with one attached hydrogen (secondary N) is 1. The van der Waals surface area contributed by atoms with Crippen LogP contribution in [0.25, 0.3) is 5.69 Å². The summed E-state index contributed by atoms with van der Waals surface area (Å²) >= 11 is 1.56. The van der Waals surface area contributed by atoms with Gasteiger partial charge in [-0.2, -0.15) is 5.10 Å². The number of carbonyl (C=O) groups is 1. The first-order chi connectivity index (χ1) is 15.4. The topological polar surface area (TPSA) is 112 Å². The van der Waals surface area contributed by atoms with Crippen LogP contribution >= 0.6 is 11.3 Å². The smallest absolute Gasteiger partial charge is 0.269 e. The summed E-state index contributed by atoms with van der Waals surface area (Å²) < 4.78 is 7.30. The molecule has 0 spiro atoms. The Morgan fingerprint density at radius 1 is 1.19 bits per heavy atom. The number of hydrogen-bond donors (Lipinski definition) is 1. The SMILES string of the molecule is Cc1cc(NC(=O)c2cccc(OCc3csc(C)n3)c2)n(-c2ccc([N+](=O)[O-])cc2)n1. The molecule has 0 radical (unpaired) electrons. The van der Waals surface area contributed by atoms with Crippen LogP contribution in [0.2, 0.25) is 0 Å². The molecule has 162 valence electrons. The fourth-order valence-electron chi connectivity index (χ4n) is 3.05. The summed E-state index contributed by atoms with van der Waals surface area (Å²) in [6, 6.07) is 14.5. The van der Waals surface area contributed by atoms with Crippen LogP contribution in [0.1, 0.15) is 26.8 Å². The molecule has 0 saturated heterocycles. The Balaban J connectivity index is 1.50. The van der Waals surface area contributed by atoms with Crippen LogP contribution in [-0.4, -0.2) is 25.6 Å². The quantitative estimate of drug-likeness (QED) is 0.324. The van der Waals surface area contributed by atoms with E-state index in [1.807, 2.05) is 12.3 Å². The molecule has 0 unspecified atom stereocenters. The highest BCUT2D eigenvalue weighted by Gasteiger charge is 2.14. The van der Waals surface area contributed by atoms with Crippen LogP contribution < -0.4 is 10.1 Å². The van der Waals surface area contributed by atoms with Crippen LogP contribution in [0.4, 0.5) is 11.5 Å². The zero-order valence-corrected chi connectivity index (χ0v) is 18.1. The van der Waals surface area contributed by atoms with E-state index < -0.39 is 4.92 Å². The number of nitro groups is 1. The summed E-state index contributed by atoms with van der Waals surface area (Å²) in [5, 5.41) is 21.0. The number of ether oxygens (including phenoxy) is 1. The fourth-order valence-corrected chi connectivity index (χ4v) is 3.65. The minimum absolute atomic E-state index is 0.0205. The van der Waals surface area contributed by atoms with E-state index in [9.17, 15) is 14.9 Å². The van der Waals surface area contributed by atoms with Crippen molar-refractivity contribution in [3.8, 4) is 11.4 Å². The largest absolute Gasteiger partial charge is 0.487 e. The second-order valence-electron chi connectivity index (χ2n) is 6.98. The normalized spacial score (nSPS) is 10.7. The molecule has 4 rings (SSSR count). The summed E-state index contributed by atoms with van der Waals surface area (Å²) in [5.74, 6) is 0.678. The van der Waals surface area contributed by atoms with E-state index in [0.717, 1.165) is 10.7 Å². The van der Waals surface area contributed by atoms with Gasteiger partial charge in [-0.15, -0.1) is 11.3 Å². The van der Waals surface area contributed by atoms with Crippen molar-refractivity contribution in [1.29, 1.82) is 0 Å². The molecule has 0 aliphatic heterocycles. The van der Waals surface area contributed by atoms with Crippen LogP contribution in [0.15, 0.2) is 60.0 Å². The lowest BCUT2D eigenvalue weighted by molar-refractivity contribution is -0.384. The summed E-state index contributed by atoms with van der Waals surface area (Å²) in [6.45, 7) is 4.05. The Bertz CT molecular complexity index is 1280. The lowest BCUT2D eigenvalue weighted by Crippen LogP contribution is -2.15. The first-order valence-electron chi connectivity index (χ1n) is 9.66. The minimum atomic E-state index is -0.467. The Hall–Kier alpha value is -4.05. The number of non-ortho nitro benzene ring substituents is 1. The zero-order valence-electron chi connectivity index (χ0n) is 17.3. The molecule has 4 aromatic rings. The van der Waals surface area contributed by atoms with Crippen molar-refractivity contribution in [3.63, 3.8) is 0 Å². The van der Waals surface area contributed by atoms with Gasteiger partial charge in [-0.3, -0.25) is 14.9 Å². The summed E-state index contributed by atoms with van der Waals surface area (Å²) in [7, 11) is 0. The molecule has 0 aliphatic rings. The molecule has 32 heavy (non-hydrogen) atoms. The van der Waals surface area contributed by atoms with Gasteiger partial charge < -0.3 is 10.1 Å². The molecule has 2 aromatic heterocycles. The number of thiazole rings is 1. The van der Waals surface area contributed by atoms with E-state index in [0.29, 0.717) is 35.1 Å². The molecular formula is C22H19N5O4S. The second kappa shape index (κ2) is 8.98. The van der Waals surface area contributed by atoms with E-state index in [2.05, 4.69) is 15.4 Å². The third kappa shape index (κ3) is 4.81. The van der Waals surface area contributed by atoms with E-state index in [-0.39, 0.29) is 11.6 Å². The van der Waals surface area contributed by atoms with Crippen molar-refractivity contribution in [2.75, 3.05) is 5.32 Å². The Kier molecular flexibility index (Phi) is 5.95. The molecule has 0 fully saturated rings. The van der Waals surface area contributed by atoms with Crippen LogP contribution in [-0.2, 0) is 6.61 Å². The van der Waals surface area contributed by atoms with E-state index in [1.165, 1.54) is 16.8 Å². The van der Waals surface area contributed by atoms with Gasteiger partial charge in [0.1, 0.15) is 18.2 Å². The highest BCUT2D eigenvalue weighted by atomic mass is 32.1. The number of anilines is 1. The number of nitrogens with zero attached hydrogens (tertiary/aromatic N) is 4. The van der Waals surface area contributed by atoms with E-state index in [1.54, 1.807) is 60.7 Å². The van der Waals surface area contributed by atoms with Crippen molar-refractivity contribution < 1.29 is 14.5 Å². The van der Waals surface area contributed by atoms with Gasteiger partial charge in [0, 0.05) is 29.1 Å². The van der Waals surface area contributed by atoms with Crippen molar-refractivity contribution in [3.05, 3.63) is 92.1 Å². The number of carbonyl (C=O) groups excluding carboxylic acids is 1. The number of amides is 1. The second-order valence-corrected chi connectivity index (χ2v) is 8.05. The molecule has 0 saturated carbocycles. The Labute approximate surface area is 187 Å². The van der Waals surface area contributed by atoms with Crippen molar-refractivity contribution in [2.45, 2.75) is 20.5 Å². The monoisotopic (exact) mass is 449 g/mol.